The summed E-state index contributed by atoms with van der Waals surface area (Å²) in [5, 5.41) is 13.1. The molecule has 0 bridgehead atoms. The van der Waals surface area contributed by atoms with Crippen LogP contribution in [-0.4, -0.2) is 24.1 Å². The Morgan fingerprint density at radius 3 is 2.86 bits per heavy atom. The molecule has 1 heterocycles. The number of rotatable bonds is 1. The SMILES string of the molecule is O=C(c1ccc(Br)c(O)c1)N1CCCNc2ccccc21. The van der Waals surface area contributed by atoms with Crippen molar-refractivity contribution in [3.63, 3.8) is 0 Å². The number of fused-ring (bicyclic) bond motifs is 1. The number of amides is 1. The van der Waals surface area contributed by atoms with E-state index in [4.69, 9.17) is 0 Å². The largest absolute Gasteiger partial charge is 0.507 e. The Balaban J connectivity index is 1.99. The van der Waals surface area contributed by atoms with E-state index in [1.54, 1.807) is 17.0 Å². The molecule has 2 aromatic carbocycles. The Morgan fingerprint density at radius 2 is 2.05 bits per heavy atom. The Labute approximate surface area is 131 Å². The van der Waals surface area contributed by atoms with Gasteiger partial charge in [-0.1, -0.05) is 12.1 Å². The number of nitrogens with one attached hydrogen (secondary N) is 1. The highest BCUT2D eigenvalue weighted by molar-refractivity contribution is 9.10. The second kappa shape index (κ2) is 5.77. The molecule has 21 heavy (non-hydrogen) atoms. The molecular formula is C16H15BrN2O2. The molecule has 2 N–H and O–H groups in total. The van der Waals surface area contributed by atoms with Gasteiger partial charge in [0.15, 0.2) is 0 Å². The second-order valence-electron chi connectivity index (χ2n) is 4.92. The van der Waals surface area contributed by atoms with Crippen molar-refractivity contribution in [1.29, 1.82) is 0 Å². The van der Waals surface area contributed by atoms with E-state index >= 15 is 0 Å². The molecule has 2 aromatic rings. The summed E-state index contributed by atoms with van der Waals surface area (Å²) >= 11 is 3.23. The third-order valence-corrected chi connectivity index (χ3v) is 4.18. The molecule has 0 unspecified atom stereocenters. The van der Waals surface area contributed by atoms with Crippen molar-refractivity contribution in [2.45, 2.75) is 6.42 Å². The van der Waals surface area contributed by atoms with Crippen molar-refractivity contribution >= 4 is 33.2 Å². The highest BCUT2D eigenvalue weighted by Gasteiger charge is 2.22. The number of para-hydroxylation sites is 2. The third kappa shape index (κ3) is 2.74. The van der Waals surface area contributed by atoms with Crippen molar-refractivity contribution in [2.24, 2.45) is 0 Å². The third-order valence-electron chi connectivity index (χ3n) is 3.51. The van der Waals surface area contributed by atoms with E-state index < -0.39 is 0 Å². The fourth-order valence-electron chi connectivity index (χ4n) is 2.45. The Bertz CT molecular complexity index is 688. The summed E-state index contributed by atoms with van der Waals surface area (Å²) in [5.74, 6) is -0.0315. The lowest BCUT2D eigenvalue weighted by atomic mass is 10.1. The second-order valence-corrected chi connectivity index (χ2v) is 5.77. The zero-order chi connectivity index (χ0) is 14.8. The molecule has 0 saturated carbocycles. The average molecular weight is 347 g/mol. The molecule has 0 aliphatic carbocycles. The lowest BCUT2D eigenvalue weighted by Crippen LogP contribution is -2.31. The van der Waals surface area contributed by atoms with Crippen molar-refractivity contribution in [1.82, 2.24) is 0 Å². The number of phenols is 1. The fourth-order valence-corrected chi connectivity index (χ4v) is 2.70. The van der Waals surface area contributed by atoms with E-state index in [0.717, 1.165) is 24.3 Å². The van der Waals surface area contributed by atoms with Crippen molar-refractivity contribution < 1.29 is 9.90 Å². The van der Waals surface area contributed by atoms with E-state index in [-0.39, 0.29) is 11.7 Å². The first-order valence-electron chi connectivity index (χ1n) is 6.80. The van der Waals surface area contributed by atoms with Crippen LogP contribution in [0.4, 0.5) is 11.4 Å². The average Bonchev–Trinajstić information content (AvgIpc) is 2.71. The van der Waals surface area contributed by atoms with Gasteiger partial charge in [-0.05, 0) is 52.7 Å². The summed E-state index contributed by atoms with van der Waals surface area (Å²) < 4.78 is 0.581. The molecule has 1 aliphatic rings. The Hall–Kier alpha value is -2.01. The Kier molecular flexibility index (Phi) is 3.84. The normalized spacial score (nSPS) is 14.0. The molecule has 5 heteroatoms. The van der Waals surface area contributed by atoms with Gasteiger partial charge in [0.1, 0.15) is 5.75 Å². The van der Waals surface area contributed by atoms with Crippen LogP contribution in [-0.2, 0) is 0 Å². The predicted octanol–water partition coefficient (Wildman–Crippen LogP) is 3.62. The molecule has 0 fully saturated rings. The molecule has 0 aromatic heterocycles. The quantitative estimate of drug-likeness (QED) is 0.829. The van der Waals surface area contributed by atoms with Gasteiger partial charge in [-0.25, -0.2) is 0 Å². The molecule has 1 aliphatic heterocycles. The van der Waals surface area contributed by atoms with Gasteiger partial charge in [-0.15, -0.1) is 0 Å². The van der Waals surface area contributed by atoms with Gasteiger partial charge < -0.3 is 15.3 Å². The summed E-state index contributed by atoms with van der Waals surface area (Å²) in [6.45, 7) is 1.49. The first kappa shape index (κ1) is 13.9. The number of phenolic OH excluding ortho intramolecular Hbond substituents is 1. The minimum Gasteiger partial charge on any atom is -0.507 e. The van der Waals surface area contributed by atoms with Crippen LogP contribution in [0, 0.1) is 0 Å². The van der Waals surface area contributed by atoms with Gasteiger partial charge in [-0.3, -0.25) is 4.79 Å². The zero-order valence-corrected chi connectivity index (χ0v) is 12.9. The number of carbonyl (C=O) groups excluding carboxylic acids is 1. The number of aromatic hydroxyl groups is 1. The number of hydrogen-bond acceptors (Lipinski definition) is 3. The summed E-state index contributed by atoms with van der Waals surface area (Å²) in [4.78, 5) is 14.5. The number of carbonyl (C=O) groups is 1. The summed E-state index contributed by atoms with van der Waals surface area (Å²) in [6.07, 6.45) is 0.878. The highest BCUT2D eigenvalue weighted by Crippen LogP contribution is 2.31. The maximum atomic E-state index is 12.8. The lowest BCUT2D eigenvalue weighted by Gasteiger charge is -2.22. The number of halogens is 1. The van der Waals surface area contributed by atoms with Gasteiger partial charge in [-0.2, -0.15) is 0 Å². The van der Waals surface area contributed by atoms with E-state index in [0.29, 0.717) is 16.6 Å². The molecule has 1 amide bonds. The van der Waals surface area contributed by atoms with Gasteiger partial charge in [0.25, 0.3) is 5.91 Å². The van der Waals surface area contributed by atoms with Crippen LogP contribution in [0.1, 0.15) is 16.8 Å². The van der Waals surface area contributed by atoms with Crippen LogP contribution >= 0.6 is 15.9 Å². The molecule has 0 spiro atoms. The van der Waals surface area contributed by atoms with E-state index in [1.807, 2.05) is 24.3 Å². The maximum Gasteiger partial charge on any atom is 0.258 e. The number of nitrogens with zero attached hydrogens (tertiary/aromatic N) is 1. The van der Waals surface area contributed by atoms with E-state index in [9.17, 15) is 9.90 Å². The standard InChI is InChI=1S/C16H15BrN2O2/c17-12-7-6-11(10-15(12)20)16(21)19-9-3-8-18-13-4-1-2-5-14(13)19/h1-2,4-7,10,18,20H,3,8-9H2. The summed E-state index contributed by atoms with van der Waals surface area (Å²) in [5.41, 5.74) is 2.32. The number of benzene rings is 2. The number of anilines is 2. The molecule has 3 rings (SSSR count). The molecule has 4 nitrogen and oxygen atoms in total. The summed E-state index contributed by atoms with van der Waals surface area (Å²) in [7, 11) is 0. The molecule has 108 valence electrons. The van der Waals surface area contributed by atoms with Crippen LogP contribution in [0.5, 0.6) is 5.75 Å². The topological polar surface area (TPSA) is 52.6 Å². The van der Waals surface area contributed by atoms with Crippen LogP contribution in [0.2, 0.25) is 0 Å². The highest BCUT2D eigenvalue weighted by atomic mass is 79.9. The van der Waals surface area contributed by atoms with Crippen LogP contribution < -0.4 is 10.2 Å². The van der Waals surface area contributed by atoms with E-state index in [2.05, 4.69) is 21.2 Å². The lowest BCUT2D eigenvalue weighted by molar-refractivity contribution is 0.0987. The van der Waals surface area contributed by atoms with Crippen LogP contribution in [0.3, 0.4) is 0 Å². The summed E-state index contributed by atoms with van der Waals surface area (Å²) in [6, 6.07) is 12.7. The molecule has 0 radical (unpaired) electrons. The van der Waals surface area contributed by atoms with Gasteiger partial charge >= 0.3 is 0 Å². The van der Waals surface area contributed by atoms with Gasteiger partial charge in [0.2, 0.25) is 0 Å². The maximum absolute atomic E-state index is 12.8. The predicted molar refractivity (Wildman–Crippen MR) is 87.0 cm³/mol. The molecular weight excluding hydrogens is 332 g/mol. The van der Waals surface area contributed by atoms with Gasteiger partial charge in [0.05, 0.1) is 15.8 Å². The first-order chi connectivity index (χ1) is 10.2. The van der Waals surface area contributed by atoms with Crippen LogP contribution in [0.15, 0.2) is 46.9 Å². The van der Waals surface area contributed by atoms with Crippen molar-refractivity contribution in [3.8, 4) is 5.75 Å². The van der Waals surface area contributed by atoms with Crippen LogP contribution in [0.25, 0.3) is 0 Å². The smallest absolute Gasteiger partial charge is 0.258 e. The van der Waals surface area contributed by atoms with Crippen molar-refractivity contribution in [2.75, 3.05) is 23.3 Å². The fraction of sp³-hybridized carbons (Fsp3) is 0.188. The Morgan fingerprint density at radius 1 is 1.24 bits per heavy atom. The molecule has 0 saturated heterocycles. The zero-order valence-electron chi connectivity index (χ0n) is 11.3. The van der Waals surface area contributed by atoms with Crippen molar-refractivity contribution in [3.05, 3.63) is 52.5 Å². The monoisotopic (exact) mass is 346 g/mol. The number of hydrogen-bond donors (Lipinski definition) is 2. The first-order valence-corrected chi connectivity index (χ1v) is 7.59. The molecule has 0 atom stereocenters. The minimum atomic E-state index is -0.103. The van der Waals surface area contributed by atoms with Gasteiger partial charge in [0, 0.05) is 18.7 Å². The van der Waals surface area contributed by atoms with E-state index in [1.165, 1.54) is 6.07 Å². The minimum absolute atomic E-state index is 0.0714.